The van der Waals surface area contributed by atoms with Gasteiger partial charge in [-0.25, -0.2) is 0 Å². The van der Waals surface area contributed by atoms with Gasteiger partial charge in [-0.3, -0.25) is 4.79 Å². The molecule has 5 nitrogen and oxygen atoms in total. The zero-order valence-corrected chi connectivity index (χ0v) is 21.7. The maximum absolute atomic E-state index is 12.6. The molecule has 190 valence electrons. The van der Waals surface area contributed by atoms with Crippen molar-refractivity contribution >= 4 is 11.5 Å². The Labute approximate surface area is 210 Å². The molecule has 0 bridgehead atoms. The first kappa shape index (κ1) is 27.0. The van der Waals surface area contributed by atoms with Gasteiger partial charge in [-0.2, -0.15) is 0 Å². The summed E-state index contributed by atoms with van der Waals surface area (Å²) in [7, 11) is 0. The Balaban J connectivity index is 1.97. The lowest BCUT2D eigenvalue weighted by Crippen LogP contribution is -2.39. The Morgan fingerprint density at radius 1 is 1.00 bits per heavy atom. The van der Waals surface area contributed by atoms with Crippen molar-refractivity contribution < 1.29 is 23.7 Å². The quantitative estimate of drug-likeness (QED) is 0.246. The highest BCUT2D eigenvalue weighted by Gasteiger charge is 2.32. The minimum Gasteiger partial charge on any atom is -0.486 e. The van der Waals surface area contributed by atoms with E-state index in [4.69, 9.17) is 18.9 Å². The van der Waals surface area contributed by atoms with Crippen LogP contribution in [0.4, 0.5) is 0 Å². The number of benzene rings is 1. The van der Waals surface area contributed by atoms with E-state index < -0.39 is 0 Å². The van der Waals surface area contributed by atoms with E-state index >= 15 is 0 Å². The molecule has 0 heterocycles. The second-order valence-electron chi connectivity index (χ2n) is 9.11. The van der Waals surface area contributed by atoms with Gasteiger partial charge in [0.15, 0.2) is 0 Å². The van der Waals surface area contributed by atoms with E-state index in [2.05, 4.69) is 23.9 Å². The summed E-state index contributed by atoms with van der Waals surface area (Å²) in [5.41, 5.74) is 7.27. The van der Waals surface area contributed by atoms with Gasteiger partial charge in [-0.15, -0.1) is 5.73 Å². The summed E-state index contributed by atoms with van der Waals surface area (Å²) in [6, 6.07) is 4.26. The fourth-order valence-electron chi connectivity index (χ4n) is 4.26. The molecule has 0 radical (unpaired) electrons. The van der Waals surface area contributed by atoms with Gasteiger partial charge >= 0.3 is 5.97 Å². The number of allylic oxidation sites excluding steroid dienone is 5. The van der Waals surface area contributed by atoms with Crippen molar-refractivity contribution in [2.75, 3.05) is 13.2 Å². The molecule has 3 unspecified atom stereocenters. The van der Waals surface area contributed by atoms with Gasteiger partial charge in [-0.05, 0) is 81.4 Å². The highest BCUT2D eigenvalue weighted by molar-refractivity contribution is 5.77. The van der Waals surface area contributed by atoms with Crippen LogP contribution in [0.25, 0.3) is 5.57 Å². The minimum atomic E-state index is -0.243. The number of hydrogen-bond donors (Lipinski definition) is 0. The number of hydrogen-bond acceptors (Lipinski definition) is 5. The first-order valence-electron chi connectivity index (χ1n) is 13.1. The van der Waals surface area contributed by atoms with Crippen molar-refractivity contribution in [3.05, 3.63) is 64.9 Å². The Morgan fingerprint density at radius 3 is 2.29 bits per heavy atom. The number of carbonyl (C=O) groups excluding carboxylic acids is 1. The molecule has 0 aliphatic heterocycles. The fourth-order valence-corrected chi connectivity index (χ4v) is 4.26. The van der Waals surface area contributed by atoms with Gasteiger partial charge < -0.3 is 18.9 Å². The van der Waals surface area contributed by atoms with Crippen molar-refractivity contribution in [3.63, 3.8) is 0 Å². The maximum Gasteiger partial charge on any atom is 0.309 e. The van der Waals surface area contributed by atoms with Crippen LogP contribution in [-0.4, -0.2) is 31.4 Å². The summed E-state index contributed by atoms with van der Waals surface area (Å²) >= 11 is 0. The average Bonchev–Trinajstić information content (AvgIpc) is 3.17. The highest BCUT2D eigenvalue weighted by atomic mass is 16.6. The van der Waals surface area contributed by atoms with Crippen LogP contribution in [0.3, 0.4) is 0 Å². The lowest BCUT2D eigenvalue weighted by molar-refractivity contribution is -0.160. The zero-order chi connectivity index (χ0) is 25.0. The van der Waals surface area contributed by atoms with E-state index in [9.17, 15) is 4.79 Å². The van der Waals surface area contributed by atoms with Crippen LogP contribution in [0.1, 0.15) is 76.5 Å². The summed E-state index contributed by atoms with van der Waals surface area (Å²) in [6.45, 7) is 9.99. The van der Waals surface area contributed by atoms with Crippen LogP contribution in [-0.2, 0) is 32.2 Å². The number of carbonyl (C=O) groups is 1. The molecule has 0 amide bonds. The Morgan fingerprint density at radius 2 is 1.66 bits per heavy atom. The van der Waals surface area contributed by atoms with Crippen molar-refractivity contribution in [3.8, 4) is 5.75 Å². The molecule has 0 aromatic heterocycles. The molecule has 0 saturated heterocycles. The van der Waals surface area contributed by atoms with Gasteiger partial charge in [0.25, 0.3) is 0 Å². The number of rotatable bonds is 12. The minimum absolute atomic E-state index is 0.108. The van der Waals surface area contributed by atoms with E-state index in [0.717, 1.165) is 60.1 Å². The Bertz CT molecular complexity index is 938. The lowest BCUT2D eigenvalue weighted by Gasteiger charge is -2.33. The first-order valence-corrected chi connectivity index (χ1v) is 13.1. The van der Waals surface area contributed by atoms with Crippen molar-refractivity contribution in [1.29, 1.82) is 0 Å². The summed E-state index contributed by atoms with van der Waals surface area (Å²) in [5.74, 6) is 0.542. The molecule has 1 saturated carbocycles. The summed E-state index contributed by atoms with van der Waals surface area (Å²) < 4.78 is 24.3. The van der Waals surface area contributed by atoms with Gasteiger partial charge in [0.1, 0.15) is 18.0 Å². The molecule has 1 fully saturated rings. The van der Waals surface area contributed by atoms with Gasteiger partial charge in [0.2, 0.25) is 0 Å². The molecule has 0 spiro atoms. The molecule has 3 rings (SSSR count). The van der Waals surface area contributed by atoms with E-state index in [0.29, 0.717) is 26.4 Å². The second-order valence-corrected chi connectivity index (χ2v) is 9.11. The second kappa shape index (κ2) is 14.1. The van der Waals surface area contributed by atoms with Crippen molar-refractivity contribution in [2.24, 2.45) is 5.92 Å². The first-order chi connectivity index (χ1) is 17.1. The third-order valence-electron chi connectivity index (χ3n) is 6.51. The Kier molecular flexibility index (Phi) is 10.9. The predicted octanol–water partition coefficient (Wildman–Crippen LogP) is 6.70. The normalized spacial score (nSPS) is 20.3. The van der Waals surface area contributed by atoms with Crippen LogP contribution in [0.5, 0.6) is 5.75 Å². The third kappa shape index (κ3) is 7.70. The van der Waals surface area contributed by atoms with E-state index in [-0.39, 0.29) is 24.1 Å². The summed E-state index contributed by atoms with van der Waals surface area (Å²) in [4.78, 5) is 12.6. The molecule has 2 aliphatic carbocycles. The Hall–Kier alpha value is -2.59. The van der Waals surface area contributed by atoms with Crippen LogP contribution >= 0.6 is 0 Å². The SMILES string of the molecule is CCOCc1cc(C2=CC=CC=C=C2)cc(COCC)c1OC1CCCCC1OC(=O)C(C)CC. The largest absolute Gasteiger partial charge is 0.486 e. The molecule has 35 heavy (non-hydrogen) atoms. The highest BCUT2D eigenvalue weighted by Crippen LogP contribution is 2.35. The smallest absolute Gasteiger partial charge is 0.309 e. The zero-order valence-electron chi connectivity index (χ0n) is 21.7. The molecule has 0 N–H and O–H groups in total. The fraction of sp³-hybridized carbons (Fsp3) is 0.533. The van der Waals surface area contributed by atoms with Crippen LogP contribution in [0, 0.1) is 5.92 Å². The standard InChI is InChI=1S/C30H40O5/c1-5-22(4)30(31)35-28-17-13-12-16-27(28)34-29-25(20-32-6-2)18-24(19-26(29)21-33-7-3)23-14-10-8-9-11-15-23/h8-10,14-15,18-19,22,27-28H,5-7,12-13,16-17,20-21H2,1-4H3. The van der Waals surface area contributed by atoms with Crippen LogP contribution in [0.2, 0.25) is 0 Å². The van der Waals surface area contributed by atoms with E-state index in [1.54, 1.807) is 0 Å². The average molecular weight is 481 g/mol. The molecule has 5 heteroatoms. The topological polar surface area (TPSA) is 54.0 Å². The predicted molar refractivity (Wildman–Crippen MR) is 139 cm³/mol. The summed E-state index contributed by atoms with van der Waals surface area (Å²) in [5, 5.41) is 0. The van der Waals surface area contributed by atoms with Gasteiger partial charge in [-0.1, -0.05) is 32.1 Å². The summed E-state index contributed by atoms with van der Waals surface area (Å²) in [6.07, 6.45) is 14.0. The monoisotopic (exact) mass is 480 g/mol. The maximum atomic E-state index is 12.6. The van der Waals surface area contributed by atoms with Crippen LogP contribution in [0.15, 0.2) is 48.2 Å². The number of esters is 1. The van der Waals surface area contributed by atoms with E-state index in [1.807, 2.05) is 52.0 Å². The molecule has 3 atom stereocenters. The van der Waals surface area contributed by atoms with Gasteiger partial charge in [0.05, 0.1) is 19.1 Å². The van der Waals surface area contributed by atoms with Gasteiger partial charge in [0, 0.05) is 24.3 Å². The third-order valence-corrected chi connectivity index (χ3v) is 6.51. The molecule has 1 aromatic rings. The lowest BCUT2D eigenvalue weighted by atomic mass is 9.93. The van der Waals surface area contributed by atoms with Crippen molar-refractivity contribution in [1.82, 2.24) is 0 Å². The van der Waals surface area contributed by atoms with E-state index in [1.165, 1.54) is 0 Å². The molecule has 1 aromatic carbocycles. The van der Waals surface area contributed by atoms with Crippen molar-refractivity contribution in [2.45, 2.75) is 85.2 Å². The molecular weight excluding hydrogens is 440 g/mol. The number of ether oxygens (including phenoxy) is 4. The molecule has 2 aliphatic rings. The molecular formula is C30H40O5. The van der Waals surface area contributed by atoms with Crippen LogP contribution < -0.4 is 4.74 Å².